The third-order valence-corrected chi connectivity index (χ3v) is 1.59. The Hall–Kier alpha value is -1.59. The number of carbonyl (C=O) groups excluding carboxylic acids is 1. The third kappa shape index (κ3) is 2.68. The Morgan fingerprint density at radius 3 is 2.67 bits per heavy atom. The summed E-state index contributed by atoms with van der Waals surface area (Å²) in [5, 5.41) is 0. The Balaban J connectivity index is 2.98. The van der Waals surface area contributed by atoms with E-state index in [1.807, 2.05) is 0 Å². The molecule has 1 rings (SSSR count). The van der Waals surface area contributed by atoms with Crippen LogP contribution in [0.2, 0.25) is 0 Å². The maximum absolute atomic E-state index is 13.0. The number of hydrogen-bond donors (Lipinski definition) is 0. The monoisotopic (exact) mass is 219 g/mol. The summed E-state index contributed by atoms with van der Waals surface area (Å²) >= 11 is 0. The van der Waals surface area contributed by atoms with Crippen LogP contribution in [-0.2, 0) is 4.74 Å². The zero-order chi connectivity index (χ0) is 11.4. The molecule has 1 aromatic rings. The maximum atomic E-state index is 13.0. The van der Waals surface area contributed by atoms with Crippen molar-refractivity contribution in [3.8, 4) is 0 Å². The van der Waals surface area contributed by atoms with Crippen molar-refractivity contribution in [3.05, 3.63) is 29.3 Å². The normalized spacial score (nSPS) is 10.5. The summed E-state index contributed by atoms with van der Waals surface area (Å²) < 4.78 is 41.7. The molecule has 1 heterocycles. The first kappa shape index (κ1) is 11.5. The first-order valence-electron chi connectivity index (χ1n) is 4.18. The lowest BCUT2D eigenvalue weighted by Crippen LogP contribution is -2.09. The molecule has 0 aliphatic rings. The minimum atomic E-state index is -2.87. The van der Waals surface area contributed by atoms with Gasteiger partial charge in [0.05, 0.1) is 6.61 Å². The highest BCUT2D eigenvalue weighted by molar-refractivity contribution is 5.89. The molecule has 0 aliphatic carbocycles. The van der Waals surface area contributed by atoms with Crippen molar-refractivity contribution in [3.63, 3.8) is 0 Å². The molecule has 0 aliphatic heterocycles. The number of aromatic nitrogens is 1. The number of ether oxygens (including phenoxy) is 1. The van der Waals surface area contributed by atoms with Gasteiger partial charge in [-0.3, -0.25) is 0 Å². The van der Waals surface area contributed by atoms with Gasteiger partial charge in [-0.2, -0.15) is 4.39 Å². The number of esters is 1. The lowest BCUT2D eigenvalue weighted by molar-refractivity contribution is 0.0519. The van der Waals surface area contributed by atoms with Gasteiger partial charge in [0.1, 0.15) is 11.3 Å². The van der Waals surface area contributed by atoms with Crippen LogP contribution in [0, 0.1) is 5.95 Å². The molecular weight excluding hydrogens is 211 g/mol. The number of alkyl halides is 2. The molecule has 0 radical (unpaired) electrons. The molecule has 0 aromatic carbocycles. The lowest BCUT2D eigenvalue weighted by atomic mass is 10.2. The minimum Gasteiger partial charge on any atom is -0.462 e. The van der Waals surface area contributed by atoms with Crippen molar-refractivity contribution < 1.29 is 22.7 Å². The molecule has 0 saturated carbocycles. The Morgan fingerprint density at radius 1 is 1.53 bits per heavy atom. The van der Waals surface area contributed by atoms with Crippen LogP contribution in [0.1, 0.15) is 29.4 Å². The van der Waals surface area contributed by atoms with Gasteiger partial charge in [0.2, 0.25) is 5.95 Å². The molecule has 82 valence electrons. The van der Waals surface area contributed by atoms with Crippen LogP contribution in [-0.4, -0.2) is 17.6 Å². The van der Waals surface area contributed by atoms with Gasteiger partial charge < -0.3 is 4.74 Å². The molecule has 0 unspecified atom stereocenters. The van der Waals surface area contributed by atoms with E-state index in [0.29, 0.717) is 0 Å². The van der Waals surface area contributed by atoms with Crippen molar-refractivity contribution in [1.82, 2.24) is 4.98 Å². The second-order valence-corrected chi connectivity index (χ2v) is 2.60. The maximum Gasteiger partial charge on any atom is 0.342 e. The molecule has 0 spiro atoms. The SMILES string of the molecule is CCOC(=O)c1ccc(C(F)F)nc1F. The van der Waals surface area contributed by atoms with Crippen LogP contribution in [0.5, 0.6) is 0 Å². The highest BCUT2D eigenvalue weighted by Crippen LogP contribution is 2.18. The number of pyridine rings is 1. The Kier molecular flexibility index (Phi) is 3.65. The van der Waals surface area contributed by atoms with Crippen molar-refractivity contribution >= 4 is 5.97 Å². The zero-order valence-corrected chi connectivity index (χ0v) is 7.84. The highest BCUT2D eigenvalue weighted by Gasteiger charge is 2.17. The number of hydrogen-bond acceptors (Lipinski definition) is 3. The topological polar surface area (TPSA) is 39.2 Å². The molecule has 1 aromatic heterocycles. The Labute approximate surface area is 83.9 Å². The van der Waals surface area contributed by atoms with Crippen LogP contribution in [0.3, 0.4) is 0 Å². The smallest absolute Gasteiger partial charge is 0.342 e. The van der Waals surface area contributed by atoms with Gasteiger partial charge >= 0.3 is 5.97 Å². The fourth-order valence-corrected chi connectivity index (χ4v) is 0.931. The van der Waals surface area contributed by atoms with Crippen molar-refractivity contribution in [1.29, 1.82) is 0 Å². The molecule has 15 heavy (non-hydrogen) atoms. The van der Waals surface area contributed by atoms with E-state index in [1.54, 1.807) is 6.92 Å². The first-order valence-corrected chi connectivity index (χ1v) is 4.18. The van der Waals surface area contributed by atoms with E-state index in [-0.39, 0.29) is 6.61 Å². The second kappa shape index (κ2) is 4.77. The molecule has 0 fully saturated rings. The van der Waals surface area contributed by atoms with E-state index in [2.05, 4.69) is 9.72 Å². The quantitative estimate of drug-likeness (QED) is 0.578. The molecule has 0 amide bonds. The van der Waals surface area contributed by atoms with Gasteiger partial charge in [0.25, 0.3) is 6.43 Å². The Morgan fingerprint density at radius 2 is 2.20 bits per heavy atom. The minimum absolute atomic E-state index is 0.0782. The summed E-state index contributed by atoms with van der Waals surface area (Å²) in [5.74, 6) is -2.16. The number of carbonyl (C=O) groups is 1. The summed E-state index contributed by atoms with van der Waals surface area (Å²) in [4.78, 5) is 14.0. The summed E-state index contributed by atoms with van der Waals surface area (Å²) in [7, 11) is 0. The van der Waals surface area contributed by atoms with Gasteiger partial charge in [-0.1, -0.05) is 0 Å². The first-order chi connectivity index (χ1) is 7.06. The molecule has 6 heteroatoms. The zero-order valence-electron chi connectivity index (χ0n) is 7.84. The lowest BCUT2D eigenvalue weighted by Gasteiger charge is -2.04. The van der Waals surface area contributed by atoms with Crippen LogP contribution >= 0.6 is 0 Å². The van der Waals surface area contributed by atoms with Gasteiger partial charge in [-0.25, -0.2) is 18.6 Å². The summed E-state index contributed by atoms with van der Waals surface area (Å²) in [6.45, 7) is 1.63. The van der Waals surface area contributed by atoms with E-state index >= 15 is 0 Å². The van der Waals surface area contributed by atoms with Gasteiger partial charge in [0.15, 0.2) is 0 Å². The number of halogens is 3. The molecule has 0 bridgehead atoms. The molecule has 0 atom stereocenters. The van der Waals surface area contributed by atoms with E-state index in [0.717, 1.165) is 12.1 Å². The fourth-order valence-electron chi connectivity index (χ4n) is 0.931. The molecule has 3 nitrogen and oxygen atoms in total. The summed E-state index contributed by atoms with van der Waals surface area (Å²) in [6, 6.07) is 1.82. The van der Waals surface area contributed by atoms with E-state index < -0.39 is 29.6 Å². The third-order valence-electron chi connectivity index (χ3n) is 1.59. The second-order valence-electron chi connectivity index (χ2n) is 2.60. The molecule has 0 saturated heterocycles. The van der Waals surface area contributed by atoms with Gasteiger partial charge in [-0.05, 0) is 19.1 Å². The average molecular weight is 219 g/mol. The predicted octanol–water partition coefficient (Wildman–Crippen LogP) is 2.33. The van der Waals surface area contributed by atoms with E-state index in [4.69, 9.17) is 0 Å². The van der Waals surface area contributed by atoms with Crippen LogP contribution in [0.25, 0.3) is 0 Å². The van der Waals surface area contributed by atoms with E-state index in [1.165, 1.54) is 0 Å². The molecular formula is C9H8F3NO2. The predicted molar refractivity (Wildman–Crippen MR) is 45.1 cm³/mol. The van der Waals surface area contributed by atoms with E-state index in [9.17, 15) is 18.0 Å². The highest BCUT2D eigenvalue weighted by atomic mass is 19.3. The Bertz CT molecular complexity index is 368. The van der Waals surface area contributed by atoms with Crippen molar-refractivity contribution in [2.75, 3.05) is 6.61 Å². The van der Waals surface area contributed by atoms with Gasteiger partial charge in [0, 0.05) is 0 Å². The summed E-state index contributed by atoms with van der Waals surface area (Å²) in [5.41, 5.74) is -1.15. The average Bonchev–Trinajstić information content (AvgIpc) is 2.17. The number of rotatable bonds is 3. The van der Waals surface area contributed by atoms with Crippen LogP contribution in [0.4, 0.5) is 13.2 Å². The van der Waals surface area contributed by atoms with Crippen LogP contribution < -0.4 is 0 Å². The largest absolute Gasteiger partial charge is 0.462 e. The van der Waals surface area contributed by atoms with Crippen molar-refractivity contribution in [2.24, 2.45) is 0 Å². The van der Waals surface area contributed by atoms with Crippen LogP contribution in [0.15, 0.2) is 12.1 Å². The molecule has 0 N–H and O–H groups in total. The fraction of sp³-hybridized carbons (Fsp3) is 0.333. The van der Waals surface area contributed by atoms with Crippen molar-refractivity contribution in [2.45, 2.75) is 13.3 Å². The standard InChI is InChI=1S/C9H8F3NO2/c1-2-15-9(14)5-3-4-6(7(10)11)13-8(5)12/h3-4,7H,2H2,1H3. The number of nitrogens with zero attached hydrogens (tertiary/aromatic N) is 1. The summed E-state index contributed by atoms with van der Waals surface area (Å²) in [6.07, 6.45) is -2.87. The van der Waals surface area contributed by atoms with Gasteiger partial charge in [-0.15, -0.1) is 0 Å².